The number of carbonyl (C=O) groups excluding carboxylic acids is 2. The van der Waals surface area contributed by atoms with Crippen LogP contribution in [0.5, 0.6) is 0 Å². The van der Waals surface area contributed by atoms with Crippen LogP contribution in [0.3, 0.4) is 0 Å². The van der Waals surface area contributed by atoms with Crippen molar-refractivity contribution in [2.75, 3.05) is 26.2 Å². The molecule has 2 amide bonds. The molecule has 2 aromatic rings. The lowest BCUT2D eigenvalue weighted by molar-refractivity contribution is -0.137. The van der Waals surface area contributed by atoms with Gasteiger partial charge in [0.15, 0.2) is 0 Å². The Balaban J connectivity index is 1.93. The van der Waals surface area contributed by atoms with Crippen molar-refractivity contribution in [1.82, 2.24) is 14.8 Å². The Labute approximate surface area is 197 Å². The summed E-state index contributed by atoms with van der Waals surface area (Å²) in [5.41, 5.74) is 5.13. The zero-order valence-electron chi connectivity index (χ0n) is 20.4. The molecule has 1 aromatic carbocycles. The van der Waals surface area contributed by atoms with E-state index in [2.05, 4.69) is 11.1 Å². The maximum absolute atomic E-state index is 13.6. The first kappa shape index (κ1) is 24.6. The fourth-order valence-electron chi connectivity index (χ4n) is 4.18. The van der Waals surface area contributed by atoms with Gasteiger partial charge in [0.25, 0.3) is 11.8 Å². The quantitative estimate of drug-likeness (QED) is 0.381. The lowest BCUT2D eigenvalue weighted by Crippen LogP contribution is -2.37. The molecule has 0 saturated carbocycles. The van der Waals surface area contributed by atoms with Crippen LogP contribution in [0.1, 0.15) is 49.4 Å². The maximum Gasteiger partial charge on any atom is 0.277 e. The normalized spacial score (nSPS) is 14.1. The fraction of sp³-hybridized carbons (Fsp3) is 0.444. The number of hydrogen-bond acceptors (Lipinski definition) is 5. The number of benzene rings is 1. The molecule has 6 heteroatoms. The predicted molar refractivity (Wildman–Crippen MR) is 130 cm³/mol. The summed E-state index contributed by atoms with van der Waals surface area (Å²) in [6.07, 6.45) is 5.06. The van der Waals surface area contributed by atoms with E-state index in [9.17, 15) is 9.59 Å². The highest BCUT2D eigenvalue weighted by Gasteiger charge is 2.41. The summed E-state index contributed by atoms with van der Waals surface area (Å²) in [5, 5.41) is 0. The lowest BCUT2D eigenvalue weighted by Gasteiger charge is -2.25. The summed E-state index contributed by atoms with van der Waals surface area (Å²) in [5.74, 6) is -0.426. The van der Waals surface area contributed by atoms with Gasteiger partial charge >= 0.3 is 0 Å². The smallest absolute Gasteiger partial charge is 0.277 e. The molecule has 3 rings (SSSR count). The van der Waals surface area contributed by atoms with Gasteiger partial charge in [-0.2, -0.15) is 0 Å². The van der Waals surface area contributed by atoms with E-state index in [0.29, 0.717) is 43.9 Å². The minimum Gasteiger partial charge on any atom is -0.379 e. The maximum atomic E-state index is 13.6. The number of rotatable bonds is 11. The Kier molecular flexibility index (Phi) is 8.39. The second kappa shape index (κ2) is 11.2. The highest BCUT2D eigenvalue weighted by atomic mass is 16.5. The van der Waals surface area contributed by atoms with Crippen LogP contribution in [0.15, 0.2) is 48.4 Å². The van der Waals surface area contributed by atoms with Crippen molar-refractivity contribution < 1.29 is 14.3 Å². The number of ether oxygens (including phenoxy) is 1. The zero-order chi connectivity index (χ0) is 24.0. The van der Waals surface area contributed by atoms with Gasteiger partial charge in [0, 0.05) is 38.6 Å². The number of nitrogens with zero attached hydrogens (tertiary/aromatic N) is 3. The van der Waals surface area contributed by atoms with Gasteiger partial charge in [-0.1, -0.05) is 23.8 Å². The van der Waals surface area contributed by atoms with E-state index in [1.165, 1.54) is 4.90 Å². The second-order valence-electron chi connectivity index (χ2n) is 8.76. The van der Waals surface area contributed by atoms with E-state index in [4.69, 9.17) is 4.74 Å². The Morgan fingerprint density at radius 1 is 1.06 bits per heavy atom. The van der Waals surface area contributed by atoms with Crippen molar-refractivity contribution in [2.45, 2.75) is 53.6 Å². The number of imide groups is 1. The van der Waals surface area contributed by atoms with Crippen LogP contribution in [-0.2, 0) is 20.7 Å². The first-order valence-corrected chi connectivity index (χ1v) is 11.8. The minimum absolute atomic E-state index is 0.123. The van der Waals surface area contributed by atoms with E-state index in [1.54, 1.807) is 12.4 Å². The molecule has 0 N–H and O–H groups in total. The largest absolute Gasteiger partial charge is 0.379 e. The van der Waals surface area contributed by atoms with Crippen molar-refractivity contribution in [3.8, 4) is 0 Å². The first-order chi connectivity index (χ1) is 15.8. The fourth-order valence-corrected chi connectivity index (χ4v) is 4.18. The van der Waals surface area contributed by atoms with E-state index >= 15 is 0 Å². The van der Waals surface area contributed by atoms with Crippen LogP contribution in [-0.4, -0.2) is 58.9 Å². The van der Waals surface area contributed by atoms with Gasteiger partial charge in [-0.3, -0.25) is 19.5 Å². The third-order valence-electron chi connectivity index (χ3n) is 5.89. The summed E-state index contributed by atoms with van der Waals surface area (Å²) in [6, 6.07) is 9.99. The van der Waals surface area contributed by atoms with Gasteiger partial charge in [0.2, 0.25) is 0 Å². The van der Waals surface area contributed by atoms with Gasteiger partial charge in [-0.15, -0.1) is 0 Å². The molecule has 1 aliphatic heterocycles. The summed E-state index contributed by atoms with van der Waals surface area (Å²) in [7, 11) is 0. The number of amides is 2. The van der Waals surface area contributed by atoms with Crippen molar-refractivity contribution >= 4 is 17.4 Å². The Morgan fingerprint density at radius 2 is 1.79 bits per heavy atom. The van der Waals surface area contributed by atoms with E-state index in [0.717, 1.165) is 28.7 Å². The molecule has 33 heavy (non-hydrogen) atoms. The molecular weight excluding hydrogens is 414 g/mol. The highest BCUT2D eigenvalue weighted by Crippen LogP contribution is 2.33. The summed E-state index contributed by atoms with van der Waals surface area (Å²) >= 11 is 0. The lowest BCUT2D eigenvalue weighted by atomic mass is 9.97. The molecule has 0 saturated heterocycles. The molecule has 0 radical (unpaired) electrons. The zero-order valence-corrected chi connectivity index (χ0v) is 20.4. The molecule has 0 aliphatic carbocycles. The number of pyridine rings is 1. The molecule has 1 aromatic heterocycles. The number of aryl methyl sites for hydroxylation is 2. The number of hydrogen-bond donors (Lipinski definition) is 0. The Hall–Kier alpha value is -2.99. The van der Waals surface area contributed by atoms with E-state index < -0.39 is 0 Å². The summed E-state index contributed by atoms with van der Waals surface area (Å²) < 4.78 is 5.62. The first-order valence-electron chi connectivity index (χ1n) is 11.8. The number of aromatic nitrogens is 1. The average molecular weight is 450 g/mol. The predicted octanol–water partition coefficient (Wildman–Crippen LogP) is 4.16. The third kappa shape index (κ3) is 5.88. The molecule has 6 nitrogen and oxygen atoms in total. The van der Waals surface area contributed by atoms with Crippen molar-refractivity contribution in [3.63, 3.8) is 0 Å². The van der Waals surface area contributed by atoms with Crippen LogP contribution in [0.4, 0.5) is 0 Å². The number of carbonyl (C=O) groups is 2. The Morgan fingerprint density at radius 3 is 2.42 bits per heavy atom. The third-order valence-corrected chi connectivity index (χ3v) is 5.89. The standard InChI is InChI=1S/C27H35N3O3/c1-6-29(16-12-22-10-13-28-14-11-22)25-24(23-9-8-20(4)18-21(23)5)26(31)30(27(25)32)15-7-17-33-19(2)3/h8-11,13-14,18-19H,6-7,12,15-17H2,1-5H3. The van der Waals surface area contributed by atoms with Crippen LogP contribution in [0.2, 0.25) is 0 Å². The Bertz CT molecular complexity index is 1010. The van der Waals surface area contributed by atoms with E-state index in [1.807, 2.05) is 63.8 Å². The molecule has 1 aliphatic rings. The second-order valence-corrected chi connectivity index (χ2v) is 8.76. The molecule has 176 valence electrons. The average Bonchev–Trinajstić information content (AvgIpc) is 3.02. The van der Waals surface area contributed by atoms with Crippen molar-refractivity contribution in [2.24, 2.45) is 0 Å². The van der Waals surface area contributed by atoms with Crippen LogP contribution >= 0.6 is 0 Å². The molecular formula is C27H35N3O3. The topological polar surface area (TPSA) is 62.7 Å². The van der Waals surface area contributed by atoms with Crippen molar-refractivity contribution in [1.29, 1.82) is 0 Å². The SMILES string of the molecule is CCN(CCc1ccncc1)C1=C(c2ccc(C)cc2C)C(=O)N(CCCOC(C)C)C1=O. The molecule has 0 bridgehead atoms. The summed E-state index contributed by atoms with van der Waals surface area (Å²) in [4.78, 5) is 34.6. The van der Waals surface area contributed by atoms with Crippen LogP contribution in [0, 0.1) is 13.8 Å². The molecule has 0 fully saturated rings. The van der Waals surface area contributed by atoms with Gasteiger partial charge in [0.1, 0.15) is 5.70 Å². The van der Waals surface area contributed by atoms with E-state index in [-0.39, 0.29) is 17.9 Å². The van der Waals surface area contributed by atoms with Gasteiger partial charge < -0.3 is 9.64 Å². The van der Waals surface area contributed by atoms with Crippen LogP contribution in [0.25, 0.3) is 5.57 Å². The van der Waals surface area contributed by atoms with Gasteiger partial charge in [0.05, 0.1) is 11.7 Å². The number of likely N-dealkylation sites (N-methyl/N-ethyl adjacent to an activating group) is 1. The molecule has 0 unspecified atom stereocenters. The highest BCUT2D eigenvalue weighted by molar-refractivity contribution is 6.35. The molecule has 0 atom stereocenters. The van der Waals surface area contributed by atoms with Gasteiger partial charge in [-0.25, -0.2) is 0 Å². The molecule has 2 heterocycles. The summed E-state index contributed by atoms with van der Waals surface area (Å²) in [6.45, 7) is 12.2. The van der Waals surface area contributed by atoms with Crippen molar-refractivity contribution in [3.05, 3.63) is 70.7 Å². The molecule has 0 spiro atoms. The van der Waals surface area contributed by atoms with Crippen LogP contribution < -0.4 is 0 Å². The monoisotopic (exact) mass is 449 g/mol. The van der Waals surface area contributed by atoms with Gasteiger partial charge in [-0.05, 0) is 76.3 Å². The minimum atomic E-state index is -0.214.